The Morgan fingerprint density at radius 3 is 2.15 bits per heavy atom. The zero-order valence-corrected chi connectivity index (χ0v) is 21.9. The molecule has 8 aromatic rings. The molecule has 0 aliphatic heterocycles. The molecule has 0 saturated heterocycles. The lowest BCUT2D eigenvalue weighted by atomic mass is 10.0. The lowest BCUT2D eigenvalue weighted by Crippen LogP contribution is -2.10. The molecule has 0 atom stereocenters. The van der Waals surface area contributed by atoms with E-state index in [2.05, 4.69) is 95.9 Å². The van der Waals surface area contributed by atoms with Crippen molar-refractivity contribution >= 4 is 49.8 Å². The fourth-order valence-corrected chi connectivity index (χ4v) is 6.22. The van der Waals surface area contributed by atoms with Crippen molar-refractivity contribution in [2.75, 3.05) is 4.90 Å². The van der Waals surface area contributed by atoms with Crippen molar-refractivity contribution in [3.05, 3.63) is 133 Å². The van der Waals surface area contributed by atoms with Crippen molar-refractivity contribution in [1.82, 2.24) is 4.98 Å². The number of anilines is 3. The third-order valence-corrected chi connectivity index (χ3v) is 8.04. The van der Waals surface area contributed by atoms with Gasteiger partial charge >= 0.3 is 0 Å². The quantitative estimate of drug-likeness (QED) is 0.229. The fourth-order valence-electron chi connectivity index (χ4n) is 6.22. The monoisotopic (exact) mass is 526 g/mol. The van der Waals surface area contributed by atoms with Crippen LogP contribution in [0.3, 0.4) is 0 Å². The molecule has 41 heavy (non-hydrogen) atoms. The van der Waals surface area contributed by atoms with E-state index in [0.717, 1.165) is 72.5 Å². The molecular weight excluding hydrogens is 504 g/mol. The number of aromatic nitrogens is 1. The summed E-state index contributed by atoms with van der Waals surface area (Å²) in [7, 11) is 0. The third kappa shape index (κ3) is 3.25. The highest BCUT2D eigenvalue weighted by atomic mass is 16.4. The van der Waals surface area contributed by atoms with Gasteiger partial charge in [-0.2, -0.15) is 0 Å². The van der Waals surface area contributed by atoms with Gasteiger partial charge in [-0.3, -0.25) is 0 Å². The summed E-state index contributed by atoms with van der Waals surface area (Å²) in [6.07, 6.45) is 0. The lowest BCUT2D eigenvalue weighted by Gasteiger charge is -2.27. The molecule has 4 heteroatoms. The lowest BCUT2D eigenvalue weighted by molar-refractivity contribution is 0.590. The Bertz CT molecular complexity index is 2230. The van der Waals surface area contributed by atoms with Gasteiger partial charge in [0.05, 0.1) is 5.69 Å². The van der Waals surface area contributed by atoms with Crippen LogP contribution in [0.15, 0.2) is 142 Å². The van der Waals surface area contributed by atoms with E-state index in [1.54, 1.807) is 0 Å². The molecule has 9 rings (SSSR count). The third-order valence-electron chi connectivity index (χ3n) is 8.04. The molecule has 2 heterocycles. The van der Waals surface area contributed by atoms with Crippen LogP contribution >= 0.6 is 0 Å². The van der Waals surface area contributed by atoms with E-state index in [1.807, 2.05) is 42.5 Å². The highest BCUT2D eigenvalue weighted by molar-refractivity contribution is 6.18. The Kier molecular flexibility index (Phi) is 4.58. The van der Waals surface area contributed by atoms with Gasteiger partial charge < -0.3 is 13.7 Å². The molecule has 192 valence electrons. The molecule has 0 bridgehead atoms. The number of para-hydroxylation sites is 2. The minimum atomic E-state index is 0.647. The van der Waals surface area contributed by atoms with E-state index in [1.165, 1.54) is 5.39 Å². The number of fused-ring (bicyclic) bond motifs is 6. The Morgan fingerprint density at radius 2 is 1.27 bits per heavy atom. The molecule has 2 aromatic heterocycles. The molecule has 1 aliphatic carbocycles. The van der Waals surface area contributed by atoms with Crippen molar-refractivity contribution in [1.29, 1.82) is 0 Å². The smallest absolute Gasteiger partial charge is 0.227 e. The van der Waals surface area contributed by atoms with Crippen LogP contribution in [0.5, 0.6) is 0 Å². The minimum Gasteiger partial charge on any atom is -0.456 e. The van der Waals surface area contributed by atoms with Crippen molar-refractivity contribution in [3.8, 4) is 34.0 Å². The van der Waals surface area contributed by atoms with Gasteiger partial charge in [0, 0.05) is 49.6 Å². The number of rotatable bonds is 4. The Labute approximate surface area is 235 Å². The number of benzene rings is 6. The first-order chi connectivity index (χ1) is 20.3. The molecule has 0 N–H and O–H groups in total. The van der Waals surface area contributed by atoms with Crippen LogP contribution in [0, 0.1) is 0 Å². The molecule has 0 spiro atoms. The summed E-state index contributed by atoms with van der Waals surface area (Å²) in [5, 5.41) is 4.53. The van der Waals surface area contributed by atoms with Gasteiger partial charge in [0.2, 0.25) is 5.89 Å². The second-order valence-corrected chi connectivity index (χ2v) is 10.4. The second kappa shape index (κ2) is 8.44. The van der Waals surface area contributed by atoms with E-state index in [-0.39, 0.29) is 0 Å². The number of oxazole rings is 1. The Morgan fingerprint density at radius 1 is 0.512 bits per heavy atom. The highest BCUT2D eigenvalue weighted by Gasteiger charge is 2.30. The molecule has 0 radical (unpaired) electrons. The minimum absolute atomic E-state index is 0.647. The summed E-state index contributed by atoms with van der Waals surface area (Å²) in [5.41, 5.74) is 9.08. The summed E-state index contributed by atoms with van der Waals surface area (Å²) >= 11 is 0. The molecule has 0 amide bonds. The topological polar surface area (TPSA) is 42.4 Å². The van der Waals surface area contributed by atoms with Crippen molar-refractivity contribution in [2.24, 2.45) is 0 Å². The largest absolute Gasteiger partial charge is 0.456 e. The molecular formula is C37H22N2O2. The summed E-state index contributed by atoms with van der Waals surface area (Å²) in [6.45, 7) is 0. The highest BCUT2D eigenvalue weighted by Crippen LogP contribution is 2.52. The number of hydrogen-bond donors (Lipinski definition) is 0. The first kappa shape index (κ1) is 22.2. The summed E-state index contributed by atoms with van der Waals surface area (Å²) < 4.78 is 12.5. The van der Waals surface area contributed by atoms with E-state index in [4.69, 9.17) is 13.8 Å². The fraction of sp³-hybridized carbons (Fsp3) is 0. The van der Waals surface area contributed by atoms with Gasteiger partial charge in [0.1, 0.15) is 16.9 Å². The van der Waals surface area contributed by atoms with Crippen LogP contribution in [-0.4, -0.2) is 4.98 Å². The van der Waals surface area contributed by atoms with Crippen LogP contribution < -0.4 is 4.90 Å². The maximum Gasteiger partial charge on any atom is 0.227 e. The molecule has 0 saturated carbocycles. The van der Waals surface area contributed by atoms with E-state index < -0.39 is 0 Å². The van der Waals surface area contributed by atoms with Gasteiger partial charge in [-0.15, -0.1) is 0 Å². The average molecular weight is 527 g/mol. The van der Waals surface area contributed by atoms with E-state index >= 15 is 0 Å². The Hall–Kier alpha value is -5.61. The van der Waals surface area contributed by atoms with Crippen LogP contribution in [0.2, 0.25) is 0 Å². The Balaban J connectivity index is 1.26. The van der Waals surface area contributed by atoms with Gasteiger partial charge in [-0.25, -0.2) is 4.98 Å². The first-order valence-electron chi connectivity index (χ1n) is 13.7. The molecule has 1 aliphatic rings. The normalized spacial score (nSPS) is 11.9. The second-order valence-electron chi connectivity index (χ2n) is 10.4. The number of hydrogen-bond acceptors (Lipinski definition) is 4. The molecule has 6 aromatic carbocycles. The van der Waals surface area contributed by atoms with Crippen LogP contribution in [-0.2, 0) is 0 Å². The number of nitrogens with zero attached hydrogens (tertiary/aromatic N) is 2. The summed E-state index contributed by atoms with van der Waals surface area (Å²) in [6, 6.07) is 46.1. The maximum atomic E-state index is 6.40. The maximum absolute atomic E-state index is 6.40. The van der Waals surface area contributed by atoms with Crippen molar-refractivity contribution < 1.29 is 8.83 Å². The predicted molar refractivity (Wildman–Crippen MR) is 166 cm³/mol. The molecule has 4 nitrogen and oxygen atoms in total. The van der Waals surface area contributed by atoms with Crippen LogP contribution in [0.25, 0.3) is 66.7 Å². The van der Waals surface area contributed by atoms with Crippen molar-refractivity contribution in [3.63, 3.8) is 0 Å². The van der Waals surface area contributed by atoms with Crippen molar-refractivity contribution in [2.45, 2.75) is 0 Å². The zero-order valence-electron chi connectivity index (χ0n) is 21.9. The standard InChI is InChI=1S/C37H22N2O2/c1-3-10-23(11-4-1)37-38-35-28-19-20-31(27-15-9-16-29(34(27)28)36(35)41-37)39(24-12-5-2-6-13-24)25-18-21-33-30(22-25)26-14-7-8-17-32(26)40-33/h1-22H. The number of furan rings is 1. The summed E-state index contributed by atoms with van der Waals surface area (Å²) in [4.78, 5) is 7.28. The SMILES string of the molecule is c1ccc(-c2nc3c(o2)-c2cccc4c(N(c5ccccc5)c5ccc6oc7ccccc7c6c5)ccc-3c24)cc1. The average Bonchev–Trinajstić information content (AvgIpc) is 3.72. The van der Waals surface area contributed by atoms with Crippen LogP contribution in [0.1, 0.15) is 0 Å². The predicted octanol–water partition coefficient (Wildman–Crippen LogP) is 10.5. The van der Waals surface area contributed by atoms with Gasteiger partial charge in [0.15, 0.2) is 5.76 Å². The molecule has 0 fully saturated rings. The first-order valence-corrected chi connectivity index (χ1v) is 13.7. The van der Waals surface area contributed by atoms with E-state index in [9.17, 15) is 0 Å². The summed E-state index contributed by atoms with van der Waals surface area (Å²) in [5.74, 6) is 1.48. The molecule has 0 unspecified atom stereocenters. The van der Waals surface area contributed by atoms with Crippen LogP contribution in [0.4, 0.5) is 17.1 Å². The zero-order chi connectivity index (χ0) is 26.9. The van der Waals surface area contributed by atoms with Gasteiger partial charge in [-0.1, -0.05) is 72.8 Å². The van der Waals surface area contributed by atoms with E-state index in [0.29, 0.717) is 5.89 Å². The van der Waals surface area contributed by atoms with Gasteiger partial charge in [0.25, 0.3) is 0 Å². The van der Waals surface area contributed by atoms with Gasteiger partial charge in [-0.05, 0) is 60.7 Å².